The predicted octanol–water partition coefficient (Wildman–Crippen LogP) is 4.22. The fraction of sp³-hybridized carbons (Fsp3) is 0.455. The maximum absolute atomic E-state index is 12.3. The lowest BCUT2D eigenvalue weighted by molar-refractivity contribution is -0.117. The zero-order valence-corrected chi connectivity index (χ0v) is 20.0. The van der Waals surface area contributed by atoms with E-state index in [9.17, 15) is 9.59 Å². The van der Waals surface area contributed by atoms with E-state index in [-0.39, 0.29) is 37.2 Å². The van der Waals surface area contributed by atoms with Gasteiger partial charge in [0.2, 0.25) is 17.8 Å². The number of aromatic nitrogens is 2. The van der Waals surface area contributed by atoms with E-state index in [0.717, 1.165) is 24.0 Å². The summed E-state index contributed by atoms with van der Waals surface area (Å²) >= 11 is 12.2. The van der Waals surface area contributed by atoms with Crippen molar-refractivity contribution in [2.24, 2.45) is 0 Å². The van der Waals surface area contributed by atoms with Crippen molar-refractivity contribution < 1.29 is 19.1 Å². The molecule has 0 aliphatic rings. The van der Waals surface area contributed by atoms with Gasteiger partial charge in [0.1, 0.15) is 5.82 Å². The van der Waals surface area contributed by atoms with E-state index in [0.29, 0.717) is 34.6 Å². The number of benzene rings is 1. The van der Waals surface area contributed by atoms with Gasteiger partial charge in [-0.2, -0.15) is 4.98 Å². The number of rotatable bonds is 12. The second-order valence-corrected chi connectivity index (χ2v) is 7.97. The smallest absolute Gasteiger partial charge is 0.231 e. The van der Waals surface area contributed by atoms with Gasteiger partial charge in [0.15, 0.2) is 0 Å². The second-order valence-electron chi connectivity index (χ2n) is 7.13. The lowest BCUT2D eigenvalue weighted by Crippen LogP contribution is -2.20. The van der Waals surface area contributed by atoms with Crippen LogP contribution in [0.25, 0.3) is 0 Å². The summed E-state index contributed by atoms with van der Waals surface area (Å²) in [6, 6.07) is 5.43. The van der Waals surface area contributed by atoms with Crippen LogP contribution in [-0.4, -0.2) is 49.2 Å². The largest absolute Gasteiger partial charge is 0.384 e. The summed E-state index contributed by atoms with van der Waals surface area (Å²) in [6.07, 6.45) is 2.46. The number of halogens is 2. The number of methoxy groups -OCH3 is 2. The van der Waals surface area contributed by atoms with Gasteiger partial charge in [-0.3, -0.25) is 14.9 Å². The number of aryl methyl sites for hydroxylation is 2. The first-order valence-corrected chi connectivity index (χ1v) is 11.0. The lowest BCUT2D eigenvalue weighted by Gasteiger charge is -2.15. The van der Waals surface area contributed by atoms with Gasteiger partial charge in [-0.1, -0.05) is 29.3 Å². The van der Waals surface area contributed by atoms with Crippen molar-refractivity contribution in [3.8, 4) is 0 Å². The van der Waals surface area contributed by atoms with Gasteiger partial charge >= 0.3 is 0 Å². The molecule has 2 rings (SSSR count). The molecule has 1 heterocycles. The Bertz CT molecular complexity index is 940. The molecule has 32 heavy (non-hydrogen) atoms. The normalized spacial score (nSPS) is 10.8. The van der Waals surface area contributed by atoms with Gasteiger partial charge in [-0.15, -0.1) is 0 Å². The highest BCUT2D eigenvalue weighted by Gasteiger charge is 2.16. The van der Waals surface area contributed by atoms with Gasteiger partial charge in [-0.25, -0.2) is 4.98 Å². The Morgan fingerprint density at radius 1 is 0.969 bits per heavy atom. The van der Waals surface area contributed by atoms with E-state index < -0.39 is 0 Å². The third-order valence-corrected chi connectivity index (χ3v) is 5.26. The number of nitrogens with zero attached hydrogens (tertiary/aromatic N) is 2. The fourth-order valence-electron chi connectivity index (χ4n) is 3.01. The Morgan fingerprint density at radius 3 is 2.25 bits per heavy atom. The standard InChI is InChI=1S/C22H28Cl2N4O4/c1-14-17(6-4-5-15-7-8-16(23)13-18(15)24)21(26-19(29)9-11-31-2)28-22(25-14)27-20(30)10-12-32-3/h7-8,13H,4-6,9-12H2,1-3H3,(H2,25,26,27,28,29,30). The van der Waals surface area contributed by atoms with Gasteiger partial charge < -0.3 is 14.8 Å². The van der Waals surface area contributed by atoms with Crippen molar-refractivity contribution in [1.29, 1.82) is 0 Å². The molecule has 0 aliphatic carbocycles. The third kappa shape index (κ3) is 8.35. The van der Waals surface area contributed by atoms with E-state index in [1.165, 1.54) is 14.2 Å². The minimum absolute atomic E-state index is 0.134. The lowest BCUT2D eigenvalue weighted by atomic mass is 10.0. The SMILES string of the molecule is COCCC(=O)Nc1nc(C)c(CCCc2ccc(Cl)cc2Cl)c(NC(=O)CCOC)n1. The van der Waals surface area contributed by atoms with Crippen LogP contribution in [0.3, 0.4) is 0 Å². The van der Waals surface area contributed by atoms with Gasteiger partial charge in [0.25, 0.3) is 0 Å². The minimum atomic E-state index is -0.270. The number of hydrogen-bond acceptors (Lipinski definition) is 6. The summed E-state index contributed by atoms with van der Waals surface area (Å²) in [5.74, 6) is 0.00892. The van der Waals surface area contributed by atoms with Gasteiger partial charge in [-0.05, 0) is 43.9 Å². The maximum atomic E-state index is 12.3. The van der Waals surface area contributed by atoms with Crippen molar-refractivity contribution >= 4 is 46.8 Å². The molecule has 0 unspecified atom stereocenters. The summed E-state index contributed by atoms with van der Waals surface area (Å²) in [4.78, 5) is 33.1. The molecule has 2 amide bonds. The number of amides is 2. The van der Waals surface area contributed by atoms with Crippen molar-refractivity contribution in [2.45, 2.75) is 39.0 Å². The van der Waals surface area contributed by atoms with Crippen LogP contribution in [0.1, 0.15) is 36.1 Å². The highest BCUT2D eigenvalue weighted by molar-refractivity contribution is 6.35. The van der Waals surface area contributed by atoms with E-state index in [1.807, 2.05) is 13.0 Å². The molecule has 2 N–H and O–H groups in total. The van der Waals surface area contributed by atoms with Crippen LogP contribution in [0.5, 0.6) is 0 Å². The Kier molecular flexibility index (Phi) is 10.8. The molecular weight excluding hydrogens is 455 g/mol. The zero-order valence-electron chi connectivity index (χ0n) is 18.5. The highest BCUT2D eigenvalue weighted by atomic mass is 35.5. The van der Waals surface area contributed by atoms with Crippen LogP contribution in [-0.2, 0) is 31.9 Å². The van der Waals surface area contributed by atoms with E-state index in [4.69, 9.17) is 32.7 Å². The first-order valence-electron chi connectivity index (χ1n) is 10.2. The van der Waals surface area contributed by atoms with Gasteiger partial charge in [0.05, 0.1) is 26.1 Å². The molecule has 0 aliphatic heterocycles. The van der Waals surface area contributed by atoms with Crippen LogP contribution in [0.15, 0.2) is 18.2 Å². The Morgan fingerprint density at radius 2 is 1.62 bits per heavy atom. The fourth-order valence-corrected chi connectivity index (χ4v) is 3.51. The molecule has 0 fully saturated rings. The average Bonchev–Trinajstić information content (AvgIpc) is 2.74. The summed E-state index contributed by atoms with van der Waals surface area (Å²) in [5, 5.41) is 6.68. The number of carbonyl (C=O) groups excluding carboxylic acids is 2. The molecule has 0 spiro atoms. The van der Waals surface area contributed by atoms with Gasteiger partial charge in [0, 0.05) is 35.5 Å². The molecule has 0 saturated heterocycles. The molecule has 1 aromatic heterocycles. The number of carbonyl (C=O) groups is 2. The predicted molar refractivity (Wildman–Crippen MR) is 126 cm³/mol. The topological polar surface area (TPSA) is 102 Å². The van der Waals surface area contributed by atoms with Crippen molar-refractivity contribution in [3.63, 3.8) is 0 Å². The van der Waals surface area contributed by atoms with Crippen molar-refractivity contribution in [3.05, 3.63) is 45.1 Å². The van der Waals surface area contributed by atoms with Crippen molar-refractivity contribution in [1.82, 2.24) is 9.97 Å². The Balaban J connectivity index is 2.18. The molecule has 0 atom stereocenters. The highest BCUT2D eigenvalue weighted by Crippen LogP contribution is 2.25. The summed E-state index contributed by atoms with van der Waals surface area (Å²) in [6.45, 7) is 2.40. The maximum Gasteiger partial charge on any atom is 0.231 e. The first-order chi connectivity index (χ1) is 15.3. The number of hydrogen-bond donors (Lipinski definition) is 2. The molecule has 10 heteroatoms. The molecule has 0 saturated carbocycles. The zero-order chi connectivity index (χ0) is 23.5. The molecule has 8 nitrogen and oxygen atoms in total. The third-order valence-electron chi connectivity index (χ3n) is 4.68. The second kappa shape index (κ2) is 13.3. The molecule has 174 valence electrons. The number of ether oxygens (including phenoxy) is 2. The van der Waals surface area contributed by atoms with Crippen molar-refractivity contribution in [2.75, 3.05) is 38.1 Å². The molecule has 1 aromatic carbocycles. The van der Waals surface area contributed by atoms with E-state index in [2.05, 4.69) is 20.6 Å². The van der Waals surface area contributed by atoms with Crippen LogP contribution >= 0.6 is 23.2 Å². The molecule has 0 bridgehead atoms. The summed E-state index contributed by atoms with van der Waals surface area (Å²) < 4.78 is 9.88. The van der Waals surface area contributed by atoms with Crippen LogP contribution < -0.4 is 10.6 Å². The first kappa shape index (κ1) is 26.0. The van der Waals surface area contributed by atoms with E-state index >= 15 is 0 Å². The Labute approximate surface area is 198 Å². The minimum Gasteiger partial charge on any atom is -0.384 e. The number of anilines is 2. The molecule has 2 aromatic rings. The van der Waals surface area contributed by atoms with E-state index in [1.54, 1.807) is 12.1 Å². The van der Waals surface area contributed by atoms with Crippen LogP contribution in [0, 0.1) is 6.92 Å². The monoisotopic (exact) mass is 482 g/mol. The molecule has 0 radical (unpaired) electrons. The summed E-state index contributed by atoms with van der Waals surface area (Å²) in [5.41, 5.74) is 2.46. The molecular formula is C22H28Cl2N4O4. The quantitative estimate of drug-likeness (QED) is 0.469. The van der Waals surface area contributed by atoms with Crippen LogP contribution in [0.4, 0.5) is 11.8 Å². The average molecular weight is 483 g/mol. The number of nitrogens with one attached hydrogen (secondary N) is 2. The van der Waals surface area contributed by atoms with Crippen LogP contribution in [0.2, 0.25) is 10.0 Å². The summed E-state index contributed by atoms with van der Waals surface area (Å²) in [7, 11) is 3.05. The Hall–Kier alpha value is -2.26.